The number of nitrogen functional groups attached to an aromatic ring is 1. The van der Waals surface area contributed by atoms with Crippen molar-refractivity contribution in [2.24, 2.45) is 0 Å². The molecule has 0 aromatic carbocycles. The molecule has 0 aliphatic carbocycles. The summed E-state index contributed by atoms with van der Waals surface area (Å²) < 4.78 is 18.8. The van der Waals surface area contributed by atoms with Crippen molar-refractivity contribution in [1.29, 1.82) is 0 Å². The highest BCUT2D eigenvalue weighted by molar-refractivity contribution is 8.09. The predicted octanol–water partition coefficient (Wildman–Crippen LogP) is 1.61. The Labute approximate surface area is 164 Å². The van der Waals surface area contributed by atoms with E-state index in [0.29, 0.717) is 12.0 Å². The van der Waals surface area contributed by atoms with Gasteiger partial charge in [-0.2, -0.15) is 4.98 Å². The number of rotatable bonds is 7. The van der Waals surface area contributed by atoms with Gasteiger partial charge in [-0.15, -0.1) is 6.42 Å². The summed E-state index contributed by atoms with van der Waals surface area (Å²) in [6.07, 6.45) is 5.44. The summed E-state index contributed by atoms with van der Waals surface area (Å²) in [4.78, 5) is 26.5. The first-order chi connectivity index (χ1) is 12.5. The zero-order chi connectivity index (χ0) is 20.4. The second-order valence-electron chi connectivity index (χ2n) is 6.92. The van der Waals surface area contributed by atoms with Crippen LogP contribution in [0.5, 0.6) is 0 Å². The molecule has 8 nitrogen and oxygen atoms in total. The summed E-state index contributed by atoms with van der Waals surface area (Å²) in [5, 5.41) is 0. The summed E-state index contributed by atoms with van der Waals surface area (Å²) in [7, 11) is 0. The van der Waals surface area contributed by atoms with Crippen molar-refractivity contribution in [2.45, 2.75) is 64.3 Å². The van der Waals surface area contributed by atoms with Crippen molar-refractivity contribution in [3.63, 3.8) is 0 Å². The van der Waals surface area contributed by atoms with Crippen LogP contribution in [-0.4, -0.2) is 45.0 Å². The number of anilines is 1. The van der Waals surface area contributed by atoms with E-state index in [1.165, 1.54) is 10.8 Å². The van der Waals surface area contributed by atoms with Gasteiger partial charge in [0.1, 0.15) is 18.1 Å². The zero-order valence-electron chi connectivity index (χ0n) is 15.9. The smallest absolute Gasteiger partial charge is 0.351 e. The van der Waals surface area contributed by atoms with E-state index in [4.69, 9.17) is 38.0 Å². The Balaban J connectivity index is 2.29. The van der Waals surface area contributed by atoms with Crippen LogP contribution in [-0.2, 0) is 25.8 Å². The van der Waals surface area contributed by atoms with Crippen LogP contribution in [0.3, 0.4) is 0 Å². The van der Waals surface area contributed by atoms with Gasteiger partial charge < -0.3 is 24.6 Å². The monoisotopic (exact) mass is 415 g/mol. The van der Waals surface area contributed by atoms with E-state index in [-0.39, 0.29) is 24.2 Å². The number of nitrogens with two attached hydrogens (primary N) is 1. The summed E-state index contributed by atoms with van der Waals surface area (Å²) in [5.74, 6) is 2.39. The Morgan fingerprint density at radius 1 is 1.56 bits per heavy atom. The van der Waals surface area contributed by atoms with Crippen molar-refractivity contribution in [3.05, 3.63) is 22.2 Å². The molecule has 2 rings (SSSR count). The maximum atomic E-state index is 12.3. The van der Waals surface area contributed by atoms with Gasteiger partial charge in [0.05, 0.1) is 24.4 Å². The third-order valence-electron chi connectivity index (χ3n) is 4.16. The van der Waals surface area contributed by atoms with Crippen LogP contribution in [0.15, 0.2) is 11.0 Å². The molecule has 4 atom stereocenters. The van der Waals surface area contributed by atoms with Crippen LogP contribution >= 0.6 is 6.49 Å². The van der Waals surface area contributed by atoms with Crippen LogP contribution in [0.25, 0.3) is 0 Å². The molecule has 1 fully saturated rings. The standard InChI is InChI=1S/C17H26N3O5PS/c1-6-12-8-20(17(21)19-16(12)18)15-7-13(25-26(22,27)11(4)5)14(24-15)9-23-10(2)3/h1,8,10-11,13-15H,7,9H2,2-5H3,(H,22,27)(H2,18,19,21)/t13-,14+,15+,26?/m0/s1. The minimum absolute atomic E-state index is 0.00472. The van der Waals surface area contributed by atoms with Crippen LogP contribution in [0, 0.1) is 12.3 Å². The molecule has 0 radical (unpaired) electrons. The first-order valence-electron chi connectivity index (χ1n) is 8.68. The van der Waals surface area contributed by atoms with E-state index in [2.05, 4.69) is 10.9 Å². The molecule has 1 aliphatic heterocycles. The molecule has 0 amide bonds. The number of terminal acetylenes is 1. The lowest BCUT2D eigenvalue weighted by atomic mass is 10.2. The number of nitrogens with zero attached hydrogens (tertiary/aromatic N) is 2. The maximum absolute atomic E-state index is 12.3. The molecule has 2 heterocycles. The predicted molar refractivity (Wildman–Crippen MR) is 107 cm³/mol. The lowest BCUT2D eigenvalue weighted by molar-refractivity contribution is -0.0714. The van der Waals surface area contributed by atoms with E-state index >= 15 is 0 Å². The molecule has 1 unspecified atom stereocenters. The minimum Gasteiger partial charge on any atom is -0.382 e. The number of hydrogen-bond acceptors (Lipinski definition) is 7. The molecule has 1 saturated heterocycles. The third-order valence-corrected chi connectivity index (χ3v) is 7.56. The van der Waals surface area contributed by atoms with Crippen molar-refractivity contribution < 1.29 is 18.9 Å². The largest absolute Gasteiger partial charge is 0.382 e. The fourth-order valence-electron chi connectivity index (χ4n) is 2.53. The van der Waals surface area contributed by atoms with Gasteiger partial charge >= 0.3 is 5.69 Å². The van der Waals surface area contributed by atoms with Crippen molar-refractivity contribution >= 4 is 24.1 Å². The summed E-state index contributed by atoms with van der Waals surface area (Å²) in [6.45, 7) is 4.65. The van der Waals surface area contributed by atoms with Gasteiger partial charge in [-0.05, 0) is 25.7 Å². The first-order valence-corrected chi connectivity index (χ1v) is 11.4. The van der Waals surface area contributed by atoms with E-state index in [0.717, 1.165) is 0 Å². The average molecular weight is 415 g/mol. The molecule has 1 aliphatic rings. The van der Waals surface area contributed by atoms with Crippen LogP contribution in [0.4, 0.5) is 5.82 Å². The summed E-state index contributed by atoms with van der Waals surface area (Å²) in [6, 6.07) is 0. The fraction of sp³-hybridized carbons (Fsp3) is 0.647. The highest BCUT2D eigenvalue weighted by Gasteiger charge is 2.41. The average Bonchev–Trinajstić information content (AvgIpc) is 2.94. The van der Waals surface area contributed by atoms with E-state index in [1.54, 1.807) is 13.8 Å². The van der Waals surface area contributed by atoms with Crippen molar-refractivity contribution in [1.82, 2.24) is 9.55 Å². The Morgan fingerprint density at radius 3 is 2.78 bits per heavy atom. The SMILES string of the molecule is C#Cc1cn([C@H]2C[C@H](OP(O)(=S)C(C)C)[C@@H](COC(C)C)O2)c(=O)nc1N. The Bertz CT molecular complexity index is 820. The quantitative estimate of drug-likeness (QED) is 0.511. The third kappa shape index (κ3) is 5.38. The summed E-state index contributed by atoms with van der Waals surface area (Å²) in [5.41, 5.74) is 5.18. The highest BCUT2D eigenvalue weighted by Crippen LogP contribution is 2.51. The lowest BCUT2D eigenvalue weighted by Crippen LogP contribution is -2.31. The van der Waals surface area contributed by atoms with Gasteiger partial charge in [0, 0.05) is 18.3 Å². The zero-order valence-corrected chi connectivity index (χ0v) is 17.6. The number of aromatic nitrogens is 2. The molecule has 150 valence electrons. The van der Waals surface area contributed by atoms with Crippen LogP contribution in [0.1, 0.15) is 45.9 Å². The second kappa shape index (κ2) is 8.82. The van der Waals surface area contributed by atoms with Gasteiger partial charge in [-0.25, -0.2) is 4.79 Å². The van der Waals surface area contributed by atoms with E-state index in [9.17, 15) is 9.69 Å². The lowest BCUT2D eigenvalue weighted by Gasteiger charge is -2.26. The molecule has 1 aromatic heterocycles. The molecule has 0 spiro atoms. The Hall–Kier alpha value is -1.27. The molecule has 0 bridgehead atoms. The second-order valence-corrected chi connectivity index (χ2v) is 10.9. The van der Waals surface area contributed by atoms with E-state index in [1.807, 2.05) is 13.8 Å². The normalized spacial score (nSPS) is 24.9. The molecular formula is C17H26N3O5PS. The molecule has 0 saturated carbocycles. The van der Waals surface area contributed by atoms with Gasteiger partial charge in [-0.1, -0.05) is 19.8 Å². The minimum atomic E-state index is -3.01. The fourth-order valence-corrected chi connectivity index (χ4v) is 3.72. The van der Waals surface area contributed by atoms with Gasteiger partial charge in [0.25, 0.3) is 0 Å². The Morgan fingerprint density at radius 2 is 2.22 bits per heavy atom. The number of ether oxygens (including phenoxy) is 2. The number of hydrogen-bond donors (Lipinski definition) is 2. The Kier molecular flexibility index (Phi) is 7.20. The van der Waals surface area contributed by atoms with Gasteiger partial charge in [-0.3, -0.25) is 4.57 Å². The van der Waals surface area contributed by atoms with Crippen molar-refractivity contribution in [2.75, 3.05) is 12.3 Å². The molecule has 3 N–H and O–H groups in total. The maximum Gasteiger partial charge on any atom is 0.351 e. The van der Waals surface area contributed by atoms with Gasteiger partial charge in [0.15, 0.2) is 6.49 Å². The van der Waals surface area contributed by atoms with E-state index < -0.39 is 30.6 Å². The van der Waals surface area contributed by atoms with Gasteiger partial charge in [0.2, 0.25) is 0 Å². The van der Waals surface area contributed by atoms with Crippen LogP contribution in [0.2, 0.25) is 0 Å². The highest BCUT2D eigenvalue weighted by atomic mass is 32.5. The summed E-state index contributed by atoms with van der Waals surface area (Å²) >= 11 is 5.25. The first kappa shape index (κ1) is 22.0. The van der Waals surface area contributed by atoms with Crippen molar-refractivity contribution in [3.8, 4) is 12.3 Å². The molecule has 27 heavy (non-hydrogen) atoms. The molecular weight excluding hydrogens is 389 g/mol. The molecule has 1 aromatic rings. The van der Waals surface area contributed by atoms with Crippen LogP contribution < -0.4 is 11.4 Å². The topological polar surface area (TPSA) is 109 Å². The molecule has 10 heteroatoms.